The van der Waals surface area contributed by atoms with E-state index in [2.05, 4.69) is 19.9 Å². The van der Waals surface area contributed by atoms with Crippen molar-refractivity contribution in [3.05, 3.63) is 11.6 Å². The quantitative estimate of drug-likeness (QED) is 0.659. The highest BCUT2D eigenvalue weighted by Crippen LogP contribution is 2.66. The van der Waals surface area contributed by atoms with Crippen LogP contribution in [0.4, 0.5) is 0 Å². The number of hydrogen-bond donors (Lipinski definition) is 0. The second-order valence-electron chi connectivity index (χ2n) is 9.96. The molecule has 0 aromatic heterocycles. The maximum absolute atomic E-state index is 12.3. The van der Waals surface area contributed by atoms with Crippen molar-refractivity contribution in [3.63, 3.8) is 0 Å². The molecule has 0 aliphatic heterocycles. The minimum atomic E-state index is -0.141. The van der Waals surface area contributed by atoms with Gasteiger partial charge in [-0.15, -0.1) is 0 Å². The van der Waals surface area contributed by atoms with E-state index < -0.39 is 0 Å². The largest absolute Gasteiger partial charge is 0.466 e. The highest BCUT2D eigenvalue weighted by molar-refractivity contribution is 5.90. The minimum absolute atomic E-state index is 0.00754. The predicted molar refractivity (Wildman–Crippen MR) is 103 cm³/mol. The van der Waals surface area contributed by atoms with Crippen LogP contribution in [0.5, 0.6) is 0 Å². The maximum atomic E-state index is 12.3. The lowest BCUT2D eigenvalue weighted by Crippen LogP contribution is -2.54. The van der Waals surface area contributed by atoms with Gasteiger partial charge in [-0.1, -0.05) is 19.9 Å². The highest BCUT2D eigenvalue weighted by Gasteiger charge is 2.59. The highest BCUT2D eigenvalue weighted by atomic mass is 16.5. The van der Waals surface area contributed by atoms with Crippen molar-refractivity contribution in [2.45, 2.75) is 78.2 Å². The summed E-state index contributed by atoms with van der Waals surface area (Å²) in [6.45, 7) is 6.33. The summed E-state index contributed by atoms with van der Waals surface area (Å²) in [5.41, 5.74) is 1.28. The van der Waals surface area contributed by atoms with Crippen LogP contribution in [0.2, 0.25) is 0 Å². The van der Waals surface area contributed by atoms with Crippen LogP contribution in [-0.4, -0.2) is 25.2 Å². The van der Waals surface area contributed by atoms with Crippen molar-refractivity contribution in [2.75, 3.05) is 7.11 Å². The van der Waals surface area contributed by atoms with E-state index in [1.807, 2.05) is 0 Å². The van der Waals surface area contributed by atoms with Crippen LogP contribution in [0.3, 0.4) is 0 Å². The number of methoxy groups -OCH3 is 1. The summed E-state index contributed by atoms with van der Waals surface area (Å²) in [7, 11) is 1.50. The first-order chi connectivity index (χ1) is 12.8. The second-order valence-corrected chi connectivity index (χ2v) is 9.96. The summed E-state index contributed by atoms with van der Waals surface area (Å²) >= 11 is 0. The van der Waals surface area contributed by atoms with Gasteiger partial charge in [0.25, 0.3) is 0 Å². The van der Waals surface area contributed by atoms with Gasteiger partial charge in [0.05, 0.1) is 7.11 Å². The topological polar surface area (TPSA) is 52.6 Å². The molecule has 0 radical (unpaired) electrons. The molecule has 0 bridgehead atoms. The van der Waals surface area contributed by atoms with Gasteiger partial charge in [-0.05, 0) is 80.5 Å². The van der Waals surface area contributed by atoms with E-state index in [9.17, 15) is 9.59 Å². The first-order valence-corrected chi connectivity index (χ1v) is 10.8. The van der Waals surface area contributed by atoms with Gasteiger partial charge in [-0.3, -0.25) is 4.79 Å². The molecule has 7 atom stereocenters. The number of carbonyl (C=O) groups excluding carboxylic acids is 2. The number of allylic oxidation sites excluding steroid dienone is 1. The normalized spacial score (nSPS) is 45.8. The molecule has 3 fully saturated rings. The Labute approximate surface area is 163 Å². The summed E-state index contributed by atoms with van der Waals surface area (Å²) in [6.07, 6.45) is 11.3. The standard InChI is InChI=1S/C23H34O4/c1-14(24)27-16-9-11-22(2)15(13-16)5-6-17-18-7-8-20(21(25)26-4)23(18,3)12-10-19(17)22/h8,15-19H,5-7,9-13H2,1-4H3/t15-,16+,17-,18+,19-,22-,23+/m0/s1. The summed E-state index contributed by atoms with van der Waals surface area (Å²) in [6, 6.07) is 0. The first-order valence-electron chi connectivity index (χ1n) is 10.8. The van der Waals surface area contributed by atoms with E-state index in [4.69, 9.17) is 9.47 Å². The lowest BCUT2D eigenvalue weighted by Gasteiger charge is -2.60. The molecule has 0 aromatic carbocycles. The SMILES string of the molecule is COC(=O)C1=CC[C@@H]2[C@@H]3CC[C@H]4C[C@H](OC(C)=O)CC[C@]4(C)[C@H]3CC[C@@]12C. The monoisotopic (exact) mass is 374 g/mol. The molecule has 0 spiro atoms. The Balaban J connectivity index is 1.53. The molecule has 4 heteroatoms. The molecular formula is C23H34O4. The Morgan fingerprint density at radius 3 is 2.56 bits per heavy atom. The molecule has 4 aliphatic carbocycles. The number of rotatable bonds is 2. The third-order valence-electron chi connectivity index (χ3n) is 8.94. The number of hydrogen-bond acceptors (Lipinski definition) is 4. The molecule has 27 heavy (non-hydrogen) atoms. The Bertz CT molecular complexity index is 667. The molecule has 4 nitrogen and oxygen atoms in total. The number of ether oxygens (including phenoxy) is 2. The summed E-state index contributed by atoms with van der Waals surface area (Å²) < 4.78 is 10.6. The van der Waals surface area contributed by atoms with Gasteiger partial charge >= 0.3 is 11.9 Å². The van der Waals surface area contributed by atoms with Crippen LogP contribution in [0.15, 0.2) is 11.6 Å². The van der Waals surface area contributed by atoms with Crippen LogP contribution < -0.4 is 0 Å². The number of fused-ring (bicyclic) bond motifs is 5. The fourth-order valence-electron chi connectivity index (χ4n) is 7.55. The Kier molecular flexibility index (Phi) is 4.67. The number of carbonyl (C=O) groups is 2. The zero-order chi connectivity index (χ0) is 19.4. The van der Waals surface area contributed by atoms with Crippen molar-refractivity contribution >= 4 is 11.9 Å². The molecule has 0 heterocycles. The molecule has 3 saturated carbocycles. The van der Waals surface area contributed by atoms with Gasteiger partial charge in [-0.2, -0.15) is 0 Å². The Morgan fingerprint density at radius 1 is 1.07 bits per heavy atom. The lowest BCUT2D eigenvalue weighted by molar-refractivity contribution is -0.159. The third-order valence-corrected chi connectivity index (χ3v) is 8.94. The van der Waals surface area contributed by atoms with Gasteiger partial charge in [-0.25, -0.2) is 4.79 Å². The van der Waals surface area contributed by atoms with Crippen molar-refractivity contribution in [2.24, 2.45) is 34.5 Å². The third kappa shape index (κ3) is 2.86. The van der Waals surface area contributed by atoms with Crippen molar-refractivity contribution < 1.29 is 19.1 Å². The van der Waals surface area contributed by atoms with Crippen molar-refractivity contribution in [1.82, 2.24) is 0 Å². The van der Waals surface area contributed by atoms with E-state index in [1.165, 1.54) is 33.3 Å². The molecule has 0 amide bonds. The molecule has 150 valence electrons. The van der Waals surface area contributed by atoms with E-state index in [0.29, 0.717) is 23.2 Å². The average molecular weight is 375 g/mol. The fourth-order valence-corrected chi connectivity index (χ4v) is 7.55. The van der Waals surface area contributed by atoms with Gasteiger partial charge in [0, 0.05) is 17.9 Å². The summed E-state index contributed by atoms with van der Waals surface area (Å²) in [5, 5.41) is 0. The lowest BCUT2D eigenvalue weighted by atomic mass is 9.44. The molecule has 0 saturated heterocycles. The van der Waals surface area contributed by atoms with Crippen LogP contribution in [0.1, 0.15) is 72.1 Å². The van der Waals surface area contributed by atoms with Crippen molar-refractivity contribution in [1.29, 1.82) is 0 Å². The zero-order valence-corrected chi connectivity index (χ0v) is 17.3. The number of esters is 2. The summed E-state index contributed by atoms with van der Waals surface area (Å²) in [4.78, 5) is 23.7. The maximum Gasteiger partial charge on any atom is 0.333 e. The van der Waals surface area contributed by atoms with Gasteiger partial charge < -0.3 is 9.47 Å². The van der Waals surface area contributed by atoms with Crippen LogP contribution in [0, 0.1) is 34.5 Å². The van der Waals surface area contributed by atoms with Crippen LogP contribution in [-0.2, 0) is 19.1 Å². The molecular weight excluding hydrogens is 340 g/mol. The Morgan fingerprint density at radius 2 is 1.85 bits per heavy atom. The predicted octanol–water partition coefficient (Wildman–Crippen LogP) is 4.67. The Hall–Kier alpha value is -1.32. The molecule has 4 rings (SSSR count). The molecule has 0 unspecified atom stereocenters. The van der Waals surface area contributed by atoms with Gasteiger partial charge in [0.1, 0.15) is 6.10 Å². The van der Waals surface area contributed by atoms with E-state index in [-0.39, 0.29) is 23.5 Å². The van der Waals surface area contributed by atoms with Gasteiger partial charge in [0.15, 0.2) is 0 Å². The smallest absolute Gasteiger partial charge is 0.333 e. The van der Waals surface area contributed by atoms with Gasteiger partial charge in [0.2, 0.25) is 0 Å². The zero-order valence-electron chi connectivity index (χ0n) is 17.3. The van der Waals surface area contributed by atoms with E-state index in [0.717, 1.165) is 43.6 Å². The van der Waals surface area contributed by atoms with E-state index in [1.54, 1.807) is 0 Å². The fraction of sp³-hybridized carbons (Fsp3) is 0.826. The molecule has 4 aliphatic rings. The average Bonchev–Trinajstić information content (AvgIpc) is 2.98. The van der Waals surface area contributed by atoms with Crippen LogP contribution >= 0.6 is 0 Å². The first kappa shape index (κ1) is 19.0. The molecule has 0 aromatic rings. The van der Waals surface area contributed by atoms with Crippen molar-refractivity contribution in [3.8, 4) is 0 Å². The minimum Gasteiger partial charge on any atom is -0.466 e. The second kappa shape index (κ2) is 6.63. The molecule has 0 N–H and O–H groups in total. The van der Waals surface area contributed by atoms with E-state index >= 15 is 0 Å². The van der Waals surface area contributed by atoms with Crippen LogP contribution in [0.25, 0.3) is 0 Å². The summed E-state index contributed by atoms with van der Waals surface area (Å²) in [5.74, 6) is 2.41.